The van der Waals surface area contributed by atoms with E-state index in [1.165, 1.54) is 22.3 Å². The van der Waals surface area contributed by atoms with Gasteiger partial charge in [0.1, 0.15) is 11.6 Å². The molecule has 3 aromatic carbocycles. The first-order chi connectivity index (χ1) is 16.5. The van der Waals surface area contributed by atoms with Gasteiger partial charge in [-0.15, -0.1) is 0 Å². The zero-order valence-corrected chi connectivity index (χ0v) is 19.7. The third-order valence-corrected chi connectivity index (χ3v) is 6.84. The average Bonchev–Trinajstić information content (AvgIpc) is 3.42. The molecule has 5 aromatic rings. The van der Waals surface area contributed by atoms with Crippen molar-refractivity contribution >= 4 is 17.1 Å². The molecular weight excluding hydrogens is 418 g/mol. The normalized spacial score (nSPS) is 13.0. The largest absolute Gasteiger partial charge is 0.364 e. The molecule has 0 bridgehead atoms. The minimum atomic E-state index is 0.744. The van der Waals surface area contributed by atoms with Crippen molar-refractivity contribution in [1.82, 2.24) is 24.4 Å². The molecule has 1 aliphatic heterocycles. The van der Waals surface area contributed by atoms with E-state index in [0.29, 0.717) is 0 Å². The lowest BCUT2D eigenvalue weighted by Crippen LogP contribution is -2.21. The zero-order valence-electron chi connectivity index (χ0n) is 19.7. The third kappa shape index (κ3) is 3.59. The first-order valence-electron chi connectivity index (χ1n) is 11.6. The molecule has 0 radical (unpaired) electrons. The molecule has 2 aromatic heterocycles. The average molecular weight is 446 g/mol. The van der Waals surface area contributed by atoms with Crippen molar-refractivity contribution in [3.63, 3.8) is 0 Å². The van der Waals surface area contributed by atoms with Crippen LogP contribution < -0.4 is 0 Å². The van der Waals surface area contributed by atoms with Gasteiger partial charge in [-0.25, -0.2) is 9.97 Å². The van der Waals surface area contributed by atoms with Crippen LogP contribution >= 0.6 is 0 Å². The Bertz CT molecular complexity index is 1540. The summed E-state index contributed by atoms with van der Waals surface area (Å²) in [5, 5.41) is 0. The Balaban J connectivity index is 1.21. The maximum atomic E-state index is 4.93. The number of aromatic nitrogens is 4. The number of rotatable bonds is 4. The number of benzene rings is 3. The second-order valence-corrected chi connectivity index (χ2v) is 9.12. The number of hydrogen-bond acceptors (Lipinski definition) is 3. The summed E-state index contributed by atoms with van der Waals surface area (Å²) in [5.41, 5.74) is 10.5. The number of H-pyrrole nitrogens is 1. The van der Waals surface area contributed by atoms with Crippen LogP contribution in [0, 0.1) is 13.8 Å². The maximum Gasteiger partial charge on any atom is 0.138 e. The number of imidazole rings is 2. The predicted molar refractivity (Wildman–Crippen MR) is 138 cm³/mol. The summed E-state index contributed by atoms with van der Waals surface area (Å²) < 4.78 is 2.17. The molecule has 0 spiro atoms. The highest BCUT2D eigenvalue weighted by Gasteiger charge is 2.18. The van der Waals surface area contributed by atoms with Crippen LogP contribution in [0.5, 0.6) is 0 Å². The highest BCUT2D eigenvalue weighted by atomic mass is 15.2. The number of nitrogens with one attached hydrogen (secondary N) is 1. The van der Waals surface area contributed by atoms with E-state index < -0.39 is 0 Å². The predicted octanol–water partition coefficient (Wildman–Crippen LogP) is 6.23. The van der Waals surface area contributed by atoms with Crippen LogP contribution in [0.3, 0.4) is 0 Å². The minimum absolute atomic E-state index is 0.744. The molecule has 5 nitrogen and oxygen atoms in total. The summed E-state index contributed by atoms with van der Waals surface area (Å²) in [6, 6.07) is 23.5. The Kier molecular flexibility index (Phi) is 4.84. The number of aromatic amines is 1. The standard InChI is InChI=1S/C29H27N5/c1-19-8-9-23(16-20(19)2)21-10-12-22(13-11-21)29-31-24-14-15-34(17-26(24)32-29)18-28-30-25-6-4-5-7-27(25)33(28)3/h4-16H,17-18H2,1-3H3,(H,31,32). The lowest BCUT2D eigenvalue weighted by atomic mass is 9.99. The van der Waals surface area contributed by atoms with E-state index in [1.54, 1.807) is 0 Å². The second kappa shape index (κ2) is 8.03. The number of fused-ring (bicyclic) bond motifs is 2. The van der Waals surface area contributed by atoms with Crippen LogP contribution in [-0.4, -0.2) is 24.4 Å². The number of para-hydroxylation sites is 2. The van der Waals surface area contributed by atoms with Gasteiger partial charge in [0.2, 0.25) is 0 Å². The Hall–Kier alpha value is -4.12. The van der Waals surface area contributed by atoms with Crippen LogP contribution in [0.1, 0.15) is 28.3 Å². The van der Waals surface area contributed by atoms with Crippen LogP contribution in [0.2, 0.25) is 0 Å². The zero-order chi connectivity index (χ0) is 23.2. The van der Waals surface area contributed by atoms with Crippen molar-refractivity contribution in [2.24, 2.45) is 7.05 Å². The van der Waals surface area contributed by atoms with Gasteiger partial charge in [0.25, 0.3) is 0 Å². The molecule has 0 unspecified atom stereocenters. The number of aryl methyl sites for hydroxylation is 3. The molecule has 34 heavy (non-hydrogen) atoms. The number of nitrogens with zero attached hydrogens (tertiary/aromatic N) is 4. The molecule has 0 amide bonds. The quantitative estimate of drug-likeness (QED) is 0.357. The Morgan fingerprint density at radius 2 is 1.62 bits per heavy atom. The van der Waals surface area contributed by atoms with Gasteiger partial charge in [-0.1, -0.05) is 54.6 Å². The van der Waals surface area contributed by atoms with E-state index in [1.807, 2.05) is 6.07 Å². The van der Waals surface area contributed by atoms with E-state index in [4.69, 9.17) is 9.97 Å². The molecule has 1 N–H and O–H groups in total. The van der Waals surface area contributed by atoms with Crippen molar-refractivity contribution in [2.45, 2.75) is 26.9 Å². The molecule has 3 heterocycles. The van der Waals surface area contributed by atoms with E-state index in [9.17, 15) is 0 Å². The molecule has 0 fully saturated rings. The van der Waals surface area contributed by atoms with Gasteiger partial charge in [-0.05, 0) is 54.3 Å². The Morgan fingerprint density at radius 1 is 0.853 bits per heavy atom. The monoisotopic (exact) mass is 445 g/mol. The molecule has 0 saturated heterocycles. The SMILES string of the molecule is Cc1ccc(-c2ccc(-c3nc4c([nH]3)C=CN(Cc3nc5ccccc5n3C)C4)cc2)cc1C. The molecule has 5 heteroatoms. The fraction of sp³-hybridized carbons (Fsp3) is 0.172. The fourth-order valence-electron chi connectivity index (χ4n) is 4.61. The first kappa shape index (κ1) is 20.5. The van der Waals surface area contributed by atoms with Crippen molar-refractivity contribution in [2.75, 3.05) is 0 Å². The summed E-state index contributed by atoms with van der Waals surface area (Å²) in [6.45, 7) is 5.81. The summed E-state index contributed by atoms with van der Waals surface area (Å²) in [4.78, 5) is 15.5. The molecule has 6 rings (SSSR count). The summed E-state index contributed by atoms with van der Waals surface area (Å²) in [7, 11) is 2.08. The topological polar surface area (TPSA) is 49.7 Å². The first-order valence-corrected chi connectivity index (χ1v) is 11.6. The van der Waals surface area contributed by atoms with Gasteiger partial charge in [-0.3, -0.25) is 0 Å². The Labute approximate surface area is 199 Å². The van der Waals surface area contributed by atoms with Crippen molar-refractivity contribution < 1.29 is 0 Å². The van der Waals surface area contributed by atoms with Gasteiger partial charge >= 0.3 is 0 Å². The molecule has 1 aliphatic rings. The van der Waals surface area contributed by atoms with E-state index in [0.717, 1.165) is 52.7 Å². The molecule has 0 aliphatic carbocycles. The van der Waals surface area contributed by atoms with Crippen molar-refractivity contribution in [1.29, 1.82) is 0 Å². The highest BCUT2D eigenvalue weighted by molar-refractivity contribution is 5.75. The van der Waals surface area contributed by atoms with Gasteiger partial charge in [-0.2, -0.15) is 0 Å². The van der Waals surface area contributed by atoms with Crippen LogP contribution in [0.15, 0.2) is 72.9 Å². The summed E-state index contributed by atoms with van der Waals surface area (Å²) in [5.74, 6) is 1.96. The number of hydrogen-bond donors (Lipinski definition) is 1. The lowest BCUT2D eigenvalue weighted by molar-refractivity contribution is 0.342. The maximum absolute atomic E-state index is 4.93. The van der Waals surface area contributed by atoms with Gasteiger partial charge < -0.3 is 14.5 Å². The van der Waals surface area contributed by atoms with E-state index >= 15 is 0 Å². The molecule has 0 atom stereocenters. The molecular formula is C29H27N5. The summed E-state index contributed by atoms with van der Waals surface area (Å²) >= 11 is 0. The van der Waals surface area contributed by atoms with Crippen LogP contribution in [0.4, 0.5) is 0 Å². The molecule has 168 valence electrons. The second-order valence-electron chi connectivity index (χ2n) is 9.12. The van der Waals surface area contributed by atoms with Gasteiger partial charge in [0.15, 0.2) is 0 Å². The molecule has 0 saturated carbocycles. The third-order valence-electron chi connectivity index (χ3n) is 6.84. The summed E-state index contributed by atoms with van der Waals surface area (Å²) in [6.07, 6.45) is 4.24. The smallest absolute Gasteiger partial charge is 0.138 e. The Morgan fingerprint density at radius 3 is 2.41 bits per heavy atom. The lowest BCUT2D eigenvalue weighted by Gasteiger charge is -2.22. The van der Waals surface area contributed by atoms with E-state index in [2.05, 4.69) is 108 Å². The minimum Gasteiger partial charge on any atom is -0.364 e. The van der Waals surface area contributed by atoms with Crippen LogP contribution in [-0.2, 0) is 20.1 Å². The van der Waals surface area contributed by atoms with Crippen molar-refractivity contribution in [3.8, 4) is 22.5 Å². The fourth-order valence-corrected chi connectivity index (χ4v) is 4.61. The van der Waals surface area contributed by atoms with Crippen molar-refractivity contribution in [3.05, 3.63) is 101 Å². The van der Waals surface area contributed by atoms with E-state index in [-0.39, 0.29) is 0 Å². The van der Waals surface area contributed by atoms with Gasteiger partial charge in [0, 0.05) is 18.8 Å². The van der Waals surface area contributed by atoms with Crippen LogP contribution in [0.25, 0.3) is 39.6 Å². The van der Waals surface area contributed by atoms with Gasteiger partial charge in [0.05, 0.1) is 35.5 Å². The highest BCUT2D eigenvalue weighted by Crippen LogP contribution is 2.28.